The molecule has 1 aliphatic rings. The monoisotopic (exact) mass is 298 g/mol. The van der Waals surface area contributed by atoms with Crippen molar-refractivity contribution in [1.82, 2.24) is 5.32 Å². The number of amides is 1. The Hall–Kier alpha value is -1.76. The van der Waals surface area contributed by atoms with Gasteiger partial charge < -0.3 is 15.4 Å². The Bertz CT molecular complexity index is 586. The second-order valence-electron chi connectivity index (χ2n) is 4.51. The van der Waals surface area contributed by atoms with E-state index in [9.17, 15) is 13.2 Å². The third kappa shape index (κ3) is 3.63. The lowest BCUT2D eigenvalue weighted by molar-refractivity contribution is -0.127. The molecule has 1 unspecified atom stereocenters. The normalized spacial score (nSPS) is 17.6. The summed E-state index contributed by atoms with van der Waals surface area (Å²) in [6, 6.07) is 7.36. The van der Waals surface area contributed by atoms with E-state index in [1.165, 1.54) is 0 Å². The van der Waals surface area contributed by atoms with E-state index in [2.05, 4.69) is 10.6 Å². The molecular formula is C13H18N2O4S. The molecule has 0 aliphatic carbocycles. The first-order valence-corrected chi connectivity index (χ1v) is 8.31. The number of hydrogen-bond acceptors (Lipinski definition) is 5. The standard InChI is InChI=1S/C13H18N2O4S/c1-2-20(17,18)8-7-14-13(16)12-9-15-10-5-3-4-6-11(10)19-12/h3-6,12,15H,2,7-9H2,1H3,(H,14,16). The Labute approximate surface area is 118 Å². The first kappa shape index (κ1) is 14.6. The van der Waals surface area contributed by atoms with Crippen molar-refractivity contribution in [3.8, 4) is 5.75 Å². The molecule has 0 saturated heterocycles. The van der Waals surface area contributed by atoms with Gasteiger partial charge in [0.2, 0.25) is 0 Å². The van der Waals surface area contributed by atoms with Gasteiger partial charge >= 0.3 is 0 Å². The molecule has 7 heteroatoms. The third-order valence-corrected chi connectivity index (χ3v) is 4.78. The van der Waals surface area contributed by atoms with Crippen LogP contribution in [0, 0.1) is 0 Å². The number of fused-ring (bicyclic) bond motifs is 1. The molecule has 6 nitrogen and oxygen atoms in total. The van der Waals surface area contributed by atoms with E-state index in [0.717, 1.165) is 5.69 Å². The number of hydrogen-bond donors (Lipinski definition) is 2. The number of nitrogens with one attached hydrogen (secondary N) is 2. The molecule has 1 atom stereocenters. The number of carbonyl (C=O) groups is 1. The fourth-order valence-electron chi connectivity index (χ4n) is 1.85. The van der Waals surface area contributed by atoms with E-state index in [0.29, 0.717) is 12.3 Å². The van der Waals surface area contributed by atoms with Gasteiger partial charge in [-0.2, -0.15) is 0 Å². The van der Waals surface area contributed by atoms with Gasteiger partial charge in [0.1, 0.15) is 5.75 Å². The molecule has 0 saturated carbocycles. The topological polar surface area (TPSA) is 84.5 Å². The zero-order valence-corrected chi connectivity index (χ0v) is 12.1. The molecule has 0 spiro atoms. The second kappa shape index (κ2) is 6.13. The van der Waals surface area contributed by atoms with Crippen molar-refractivity contribution in [3.63, 3.8) is 0 Å². The molecule has 0 radical (unpaired) electrons. The average Bonchev–Trinajstić information content (AvgIpc) is 2.46. The van der Waals surface area contributed by atoms with Crippen molar-refractivity contribution < 1.29 is 17.9 Å². The summed E-state index contributed by atoms with van der Waals surface area (Å²) < 4.78 is 28.2. The molecule has 1 aromatic rings. The van der Waals surface area contributed by atoms with E-state index in [4.69, 9.17) is 4.74 Å². The SMILES string of the molecule is CCS(=O)(=O)CCNC(=O)C1CNc2ccccc2O1. The lowest BCUT2D eigenvalue weighted by atomic mass is 10.2. The molecule has 1 aromatic carbocycles. The van der Waals surface area contributed by atoms with Crippen LogP contribution in [-0.2, 0) is 14.6 Å². The minimum Gasteiger partial charge on any atom is -0.477 e. The van der Waals surface area contributed by atoms with Gasteiger partial charge in [0.15, 0.2) is 15.9 Å². The third-order valence-electron chi connectivity index (χ3n) is 3.08. The molecule has 110 valence electrons. The molecule has 1 amide bonds. The Morgan fingerprint density at radius 3 is 2.95 bits per heavy atom. The van der Waals surface area contributed by atoms with Crippen LogP contribution in [-0.4, -0.2) is 45.0 Å². The van der Waals surface area contributed by atoms with E-state index < -0.39 is 15.9 Å². The van der Waals surface area contributed by atoms with E-state index in [1.807, 2.05) is 18.2 Å². The number of rotatable bonds is 5. The molecule has 0 aromatic heterocycles. The van der Waals surface area contributed by atoms with Crippen molar-refractivity contribution >= 4 is 21.4 Å². The summed E-state index contributed by atoms with van der Waals surface area (Å²) in [7, 11) is -3.07. The van der Waals surface area contributed by atoms with Gasteiger partial charge in [-0.25, -0.2) is 8.42 Å². The van der Waals surface area contributed by atoms with Crippen LogP contribution in [0.25, 0.3) is 0 Å². The number of anilines is 1. The number of carbonyl (C=O) groups excluding carboxylic acids is 1. The number of sulfone groups is 1. The Morgan fingerprint density at radius 2 is 2.20 bits per heavy atom. The zero-order chi connectivity index (χ0) is 14.6. The van der Waals surface area contributed by atoms with Crippen molar-refractivity contribution in [2.75, 3.05) is 29.9 Å². The number of benzene rings is 1. The summed E-state index contributed by atoms with van der Waals surface area (Å²) in [5.74, 6) is 0.349. The highest BCUT2D eigenvalue weighted by molar-refractivity contribution is 7.91. The summed E-state index contributed by atoms with van der Waals surface area (Å²) in [6.45, 7) is 2.06. The van der Waals surface area contributed by atoms with Crippen LogP contribution < -0.4 is 15.4 Å². The van der Waals surface area contributed by atoms with Crippen LogP contribution in [0.4, 0.5) is 5.69 Å². The zero-order valence-electron chi connectivity index (χ0n) is 11.3. The minimum absolute atomic E-state index is 0.0496. The van der Waals surface area contributed by atoms with Gasteiger partial charge in [0.05, 0.1) is 18.0 Å². The van der Waals surface area contributed by atoms with Gasteiger partial charge in [-0.3, -0.25) is 4.79 Å². The maximum atomic E-state index is 11.9. The average molecular weight is 298 g/mol. The lowest BCUT2D eigenvalue weighted by Gasteiger charge is -2.26. The van der Waals surface area contributed by atoms with E-state index >= 15 is 0 Å². The summed E-state index contributed by atoms with van der Waals surface area (Å²) in [6.07, 6.45) is -0.644. The first-order valence-electron chi connectivity index (χ1n) is 6.49. The van der Waals surface area contributed by atoms with Crippen molar-refractivity contribution in [2.24, 2.45) is 0 Å². The smallest absolute Gasteiger partial charge is 0.262 e. The van der Waals surface area contributed by atoms with Crippen LogP contribution in [0.5, 0.6) is 5.75 Å². The predicted octanol–water partition coefficient (Wildman–Crippen LogP) is 0.410. The number of ether oxygens (including phenoxy) is 1. The van der Waals surface area contributed by atoms with Crippen LogP contribution >= 0.6 is 0 Å². The molecule has 2 rings (SSSR count). The Balaban J connectivity index is 1.86. The molecular weight excluding hydrogens is 280 g/mol. The first-order chi connectivity index (χ1) is 9.52. The predicted molar refractivity (Wildman–Crippen MR) is 76.7 cm³/mol. The fourth-order valence-corrected chi connectivity index (χ4v) is 2.55. The highest BCUT2D eigenvalue weighted by Crippen LogP contribution is 2.28. The van der Waals surface area contributed by atoms with E-state index in [-0.39, 0.29) is 24.0 Å². The van der Waals surface area contributed by atoms with Gasteiger partial charge in [0.25, 0.3) is 5.91 Å². The highest BCUT2D eigenvalue weighted by Gasteiger charge is 2.25. The van der Waals surface area contributed by atoms with Gasteiger partial charge in [-0.15, -0.1) is 0 Å². The maximum Gasteiger partial charge on any atom is 0.262 e. The van der Waals surface area contributed by atoms with Crippen LogP contribution in [0.1, 0.15) is 6.92 Å². The van der Waals surface area contributed by atoms with Gasteiger partial charge in [-0.05, 0) is 12.1 Å². The summed E-state index contributed by atoms with van der Waals surface area (Å²) in [5, 5.41) is 5.70. The van der Waals surface area contributed by atoms with Gasteiger partial charge in [0, 0.05) is 12.3 Å². The summed E-state index contributed by atoms with van der Waals surface area (Å²) in [4.78, 5) is 11.9. The molecule has 0 bridgehead atoms. The fraction of sp³-hybridized carbons (Fsp3) is 0.462. The molecule has 2 N–H and O–H groups in total. The Morgan fingerprint density at radius 1 is 1.45 bits per heavy atom. The van der Waals surface area contributed by atoms with E-state index in [1.54, 1.807) is 13.0 Å². The highest BCUT2D eigenvalue weighted by atomic mass is 32.2. The largest absolute Gasteiger partial charge is 0.477 e. The molecule has 1 heterocycles. The minimum atomic E-state index is -3.07. The lowest BCUT2D eigenvalue weighted by Crippen LogP contribution is -2.45. The quantitative estimate of drug-likeness (QED) is 0.822. The second-order valence-corrected chi connectivity index (χ2v) is 6.98. The molecule has 0 fully saturated rings. The van der Waals surface area contributed by atoms with Crippen molar-refractivity contribution in [2.45, 2.75) is 13.0 Å². The molecule has 20 heavy (non-hydrogen) atoms. The molecule has 1 aliphatic heterocycles. The van der Waals surface area contributed by atoms with Crippen LogP contribution in [0.2, 0.25) is 0 Å². The summed E-state index contributed by atoms with van der Waals surface area (Å²) >= 11 is 0. The maximum absolute atomic E-state index is 11.9. The van der Waals surface area contributed by atoms with Crippen molar-refractivity contribution in [1.29, 1.82) is 0 Å². The Kier molecular flexibility index (Phi) is 4.49. The van der Waals surface area contributed by atoms with Gasteiger partial charge in [-0.1, -0.05) is 19.1 Å². The number of para-hydroxylation sites is 2. The summed E-state index contributed by atoms with van der Waals surface area (Å²) in [5.41, 5.74) is 0.852. The van der Waals surface area contributed by atoms with Crippen molar-refractivity contribution in [3.05, 3.63) is 24.3 Å². The van der Waals surface area contributed by atoms with Crippen LogP contribution in [0.15, 0.2) is 24.3 Å². The van der Waals surface area contributed by atoms with Crippen LogP contribution in [0.3, 0.4) is 0 Å².